The van der Waals surface area contributed by atoms with Gasteiger partial charge in [0, 0.05) is 11.8 Å². The average Bonchev–Trinajstić information content (AvgIpc) is 0.797. The number of carbonyl (C=O) groups excluding carboxylic acids is 4. The summed E-state index contributed by atoms with van der Waals surface area (Å²) in [5.41, 5.74) is 6.16. The Bertz CT molecular complexity index is 3530. The number of ether oxygens (including phenoxy) is 4. The van der Waals surface area contributed by atoms with Crippen LogP contribution in [0.25, 0.3) is 0 Å². The van der Waals surface area contributed by atoms with Crippen LogP contribution in [0.4, 0.5) is 0 Å². The Morgan fingerprint density at radius 1 is 0.354 bits per heavy atom. The van der Waals surface area contributed by atoms with Gasteiger partial charge in [-0.1, -0.05) is 233 Å². The molecule has 6 aromatic carbocycles. The fourth-order valence-corrected chi connectivity index (χ4v) is 17.7. The lowest BCUT2D eigenvalue weighted by molar-refractivity contribution is -0.222. The van der Waals surface area contributed by atoms with Crippen LogP contribution in [0.5, 0.6) is 0 Å². The Labute approximate surface area is 596 Å². The number of esters is 4. The van der Waals surface area contributed by atoms with E-state index >= 15 is 0 Å². The van der Waals surface area contributed by atoms with Gasteiger partial charge in [0.2, 0.25) is 0 Å². The Kier molecular flexibility index (Phi) is 24.2. The van der Waals surface area contributed by atoms with Crippen molar-refractivity contribution in [1.29, 1.82) is 0 Å². The molecule has 0 aromatic heterocycles. The van der Waals surface area contributed by atoms with Gasteiger partial charge in [-0.15, -0.1) is 0 Å². The summed E-state index contributed by atoms with van der Waals surface area (Å²) in [5, 5.41) is 0. The molecule has 4 bridgehead atoms. The van der Waals surface area contributed by atoms with E-state index < -0.39 is 27.6 Å². The highest BCUT2D eigenvalue weighted by Crippen LogP contribution is 2.64. The predicted molar refractivity (Wildman–Crippen MR) is 401 cm³/mol. The molecular weight excluding hydrogens is 1220 g/mol. The van der Waals surface area contributed by atoms with Gasteiger partial charge in [0.25, 0.3) is 0 Å². The Morgan fingerprint density at radius 3 is 1.09 bits per heavy atom. The molecule has 0 spiro atoms. The number of benzene rings is 6. The van der Waals surface area contributed by atoms with E-state index in [0.717, 1.165) is 119 Å². The van der Waals surface area contributed by atoms with Crippen molar-refractivity contribution in [3.8, 4) is 0 Å². The summed E-state index contributed by atoms with van der Waals surface area (Å²) in [6.45, 7) is 25.5. The van der Waals surface area contributed by atoms with E-state index in [-0.39, 0.29) is 40.3 Å². The normalized spacial score (nSPS) is 25.1. The van der Waals surface area contributed by atoms with Crippen molar-refractivity contribution in [2.24, 2.45) is 46.3 Å². The molecule has 0 aliphatic heterocycles. The van der Waals surface area contributed by atoms with E-state index in [1.165, 1.54) is 92.9 Å². The number of hydrogen-bond donors (Lipinski definition) is 0. The minimum absolute atomic E-state index is 0.0127. The third-order valence-corrected chi connectivity index (χ3v) is 25.7. The first-order valence-electron chi connectivity index (χ1n) is 38.7. The first-order chi connectivity index (χ1) is 47.4. The van der Waals surface area contributed by atoms with Gasteiger partial charge in [0.15, 0.2) is 0 Å². The Hall–Kier alpha value is -6.80. The van der Waals surface area contributed by atoms with Gasteiger partial charge in [-0.25, -0.2) is 9.59 Å². The lowest BCUT2D eigenvalue weighted by Crippen LogP contribution is -2.58. The number of hydrogen-bond acceptors (Lipinski definition) is 8. The zero-order valence-corrected chi connectivity index (χ0v) is 62.6. The van der Waals surface area contributed by atoms with Crippen molar-refractivity contribution >= 4 is 23.9 Å². The molecule has 532 valence electrons. The van der Waals surface area contributed by atoms with E-state index in [1.54, 1.807) is 0 Å². The van der Waals surface area contributed by atoms with Gasteiger partial charge in [-0.2, -0.15) is 0 Å². The molecule has 8 fully saturated rings. The number of rotatable bonds is 18. The summed E-state index contributed by atoms with van der Waals surface area (Å²) in [7, 11) is 0. The standard InChI is InChI=1S/C24H30O2.C23H28O2.C22H30O2.C22H32O2/c1-4-23(2,3)20-15-13-19(14-16-20)22(25)26-24(17-9-6-10-18-24)21-11-7-5-8-12-21;1-4-22(2,3)19-14-12-18(13-15-19)21(24)25-23(16-8-9-17-23)20-10-6-5-7-11-20;1-4-21(2,3)20(23)24-22(17-8-6-5-7-9-17)18-11-15-10-16(13-18)14-19(22)12-15;1-4-21(2,3)20(23)24-22(19-12-6-5-7-13-19)15-14-17-10-8-9-11-18(17)16-22/h5,7-8,11-16H,4,6,9-10,17-18H2,1-3H3;5-7,10-15H,4,8-9,16-17H2,1-3H3;5-9,15-16,18-19H,4,10-14H2,1-3H3;5-7,12-13,17-18H,4,8-11,14-16H2,1-3H3. The monoisotopic (exact) mass is 1340 g/mol. The van der Waals surface area contributed by atoms with Crippen LogP contribution in [0.2, 0.25) is 0 Å². The van der Waals surface area contributed by atoms with E-state index in [9.17, 15) is 19.2 Å². The average molecular weight is 1340 g/mol. The molecule has 0 amide bonds. The van der Waals surface area contributed by atoms with E-state index in [1.807, 2.05) is 94.4 Å². The minimum Gasteiger partial charge on any atom is -0.454 e. The van der Waals surface area contributed by atoms with Crippen molar-refractivity contribution < 1.29 is 38.1 Å². The van der Waals surface area contributed by atoms with Crippen LogP contribution < -0.4 is 0 Å². The first-order valence-corrected chi connectivity index (χ1v) is 38.7. The summed E-state index contributed by atoms with van der Waals surface area (Å²) in [5.74, 6) is 3.82. The topological polar surface area (TPSA) is 105 Å². The van der Waals surface area contributed by atoms with Gasteiger partial charge in [0.1, 0.15) is 22.4 Å². The third-order valence-electron chi connectivity index (χ3n) is 25.7. The maximum absolute atomic E-state index is 13.0. The fourth-order valence-electron chi connectivity index (χ4n) is 17.7. The van der Waals surface area contributed by atoms with Gasteiger partial charge < -0.3 is 18.9 Å². The van der Waals surface area contributed by atoms with E-state index in [0.29, 0.717) is 28.9 Å². The number of fused-ring (bicyclic) bond motifs is 1. The first kappa shape index (κ1) is 74.9. The molecule has 0 N–H and O–H groups in total. The molecule has 8 heteroatoms. The molecule has 8 nitrogen and oxygen atoms in total. The second-order valence-corrected chi connectivity index (χ2v) is 33.5. The molecule has 6 aromatic rings. The minimum atomic E-state index is -0.474. The summed E-state index contributed by atoms with van der Waals surface area (Å²) in [4.78, 5) is 51.6. The van der Waals surface area contributed by atoms with Crippen LogP contribution >= 0.6 is 0 Å². The molecule has 0 heterocycles. The highest BCUT2D eigenvalue weighted by molar-refractivity contribution is 5.90. The van der Waals surface area contributed by atoms with Crippen LogP contribution in [0, 0.1) is 46.3 Å². The second-order valence-electron chi connectivity index (χ2n) is 33.5. The van der Waals surface area contributed by atoms with Crippen molar-refractivity contribution in [2.45, 2.75) is 277 Å². The van der Waals surface area contributed by atoms with Crippen LogP contribution in [0.15, 0.2) is 170 Å². The number of carbonyl (C=O) groups is 4. The molecule has 8 aliphatic carbocycles. The lowest BCUT2D eigenvalue weighted by atomic mass is 9.48. The predicted octanol–water partition coefficient (Wildman–Crippen LogP) is 23.6. The maximum atomic E-state index is 13.0. The molecule has 0 radical (unpaired) electrons. The highest BCUT2D eigenvalue weighted by Gasteiger charge is 2.61. The molecule has 3 atom stereocenters. The Morgan fingerprint density at radius 2 is 0.707 bits per heavy atom. The largest absolute Gasteiger partial charge is 0.454 e. The van der Waals surface area contributed by atoms with Gasteiger partial charge >= 0.3 is 23.9 Å². The van der Waals surface area contributed by atoms with Gasteiger partial charge in [-0.3, -0.25) is 9.59 Å². The van der Waals surface area contributed by atoms with Crippen molar-refractivity contribution in [3.63, 3.8) is 0 Å². The highest BCUT2D eigenvalue weighted by atomic mass is 16.6. The van der Waals surface area contributed by atoms with Gasteiger partial charge in [0.05, 0.1) is 22.0 Å². The second kappa shape index (κ2) is 32.0. The van der Waals surface area contributed by atoms with Crippen LogP contribution in [-0.2, 0) is 61.8 Å². The summed E-state index contributed by atoms with van der Waals surface area (Å²) in [6, 6.07) is 57.4. The van der Waals surface area contributed by atoms with Crippen molar-refractivity contribution in [3.05, 3.63) is 214 Å². The zero-order valence-electron chi connectivity index (χ0n) is 62.6. The molecule has 0 saturated heterocycles. The molecule has 14 rings (SSSR count). The quantitative estimate of drug-likeness (QED) is 0.0619. The molecular formula is C91H120O8. The molecule has 3 unspecified atom stereocenters. The smallest absolute Gasteiger partial charge is 0.339 e. The summed E-state index contributed by atoms with van der Waals surface area (Å²) in [6.07, 6.45) is 27.9. The van der Waals surface area contributed by atoms with Crippen molar-refractivity contribution in [1.82, 2.24) is 0 Å². The van der Waals surface area contributed by atoms with Crippen LogP contribution in [0.1, 0.15) is 298 Å². The van der Waals surface area contributed by atoms with Gasteiger partial charge in [-0.05, 0) is 248 Å². The Balaban J connectivity index is 0.000000143. The fraction of sp³-hybridized carbons (Fsp3) is 0.560. The molecule has 8 saturated carbocycles. The third kappa shape index (κ3) is 17.1. The summed E-state index contributed by atoms with van der Waals surface area (Å²) < 4.78 is 25.1. The SMILES string of the molecule is CCC(C)(C)C(=O)OC1(c2ccccc2)C2CC3CC(C2)CC1C3.CCC(C)(C)C(=O)OC1(c2ccccc2)CCC2CCCCC2C1.CCC(C)(C)c1ccc(C(=O)OC2(c3ccccc3)CCCC2)cc1.CCC(C)(C)c1ccc(C(=O)OC2(c3ccccc3)CCCCC2)cc1. The lowest BCUT2D eigenvalue weighted by Gasteiger charge is -2.60. The maximum Gasteiger partial charge on any atom is 0.339 e. The van der Waals surface area contributed by atoms with Crippen molar-refractivity contribution in [2.75, 3.05) is 0 Å². The van der Waals surface area contributed by atoms with Crippen LogP contribution in [0.3, 0.4) is 0 Å². The molecule has 99 heavy (non-hydrogen) atoms. The summed E-state index contributed by atoms with van der Waals surface area (Å²) >= 11 is 0. The van der Waals surface area contributed by atoms with E-state index in [4.69, 9.17) is 18.9 Å². The molecule has 8 aliphatic rings. The van der Waals surface area contributed by atoms with E-state index in [2.05, 4.69) is 159 Å². The van der Waals surface area contributed by atoms with Crippen LogP contribution in [-0.4, -0.2) is 23.9 Å². The zero-order chi connectivity index (χ0) is 70.7.